The number of aromatic nitrogens is 3. The number of hydrogen-bond acceptors (Lipinski definition) is 6. The van der Waals surface area contributed by atoms with Crippen LogP contribution in [0, 0.1) is 5.92 Å². The third kappa shape index (κ3) is 5.32. The van der Waals surface area contributed by atoms with Crippen LogP contribution in [0.25, 0.3) is 22.0 Å². The molecule has 0 bridgehead atoms. The Balaban J connectivity index is 1.33. The Hall–Kier alpha value is -4.40. The van der Waals surface area contributed by atoms with Crippen molar-refractivity contribution in [3.05, 3.63) is 71.5 Å². The first kappa shape index (κ1) is 25.3. The summed E-state index contributed by atoms with van der Waals surface area (Å²) in [4.78, 5) is 29.7. The van der Waals surface area contributed by atoms with Gasteiger partial charge in [-0.1, -0.05) is 37.1 Å². The maximum absolute atomic E-state index is 13.3. The summed E-state index contributed by atoms with van der Waals surface area (Å²) < 4.78 is 11.5. The molecule has 0 saturated heterocycles. The molecule has 2 aromatic heterocycles. The van der Waals surface area contributed by atoms with Gasteiger partial charge in [-0.25, -0.2) is 4.98 Å². The Morgan fingerprint density at radius 2 is 1.87 bits per heavy atom. The van der Waals surface area contributed by atoms with Crippen molar-refractivity contribution >= 4 is 22.7 Å². The van der Waals surface area contributed by atoms with Crippen molar-refractivity contribution in [3.8, 4) is 22.8 Å². The largest absolute Gasteiger partial charge is 0.493 e. The lowest BCUT2D eigenvalue weighted by molar-refractivity contribution is 0.0942. The average Bonchev–Trinajstić information content (AvgIpc) is 3.64. The summed E-state index contributed by atoms with van der Waals surface area (Å²) in [5, 5.41) is 13.3. The molecular formula is C29H31N5O4. The van der Waals surface area contributed by atoms with E-state index in [1.807, 2.05) is 42.5 Å². The van der Waals surface area contributed by atoms with E-state index in [9.17, 15) is 9.59 Å². The highest BCUT2D eigenvalue weighted by Crippen LogP contribution is 2.29. The average molecular weight is 514 g/mol. The zero-order chi connectivity index (χ0) is 26.5. The second kappa shape index (κ2) is 11.3. The van der Waals surface area contributed by atoms with Crippen LogP contribution in [0.5, 0.6) is 11.6 Å². The zero-order valence-corrected chi connectivity index (χ0v) is 21.5. The molecule has 1 aliphatic carbocycles. The first-order valence-electron chi connectivity index (χ1n) is 12.8. The molecule has 0 spiro atoms. The number of para-hydroxylation sites is 1. The van der Waals surface area contributed by atoms with Crippen molar-refractivity contribution in [2.24, 2.45) is 5.92 Å². The zero-order valence-electron chi connectivity index (χ0n) is 21.5. The predicted molar refractivity (Wildman–Crippen MR) is 144 cm³/mol. The summed E-state index contributed by atoms with van der Waals surface area (Å²) in [6.45, 7) is 1.02. The monoisotopic (exact) mass is 513 g/mol. The van der Waals surface area contributed by atoms with E-state index in [2.05, 4.69) is 25.8 Å². The Bertz CT molecular complexity index is 1460. The van der Waals surface area contributed by atoms with E-state index in [1.54, 1.807) is 19.3 Å². The number of methoxy groups -OCH3 is 1. The van der Waals surface area contributed by atoms with E-state index in [4.69, 9.17) is 9.47 Å². The van der Waals surface area contributed by atoms with Gasteiger partial charge in [-0.3, -0.25) is 14.7 Å². The third-order valence-electron chi connectivity index (χ3n) is 6.99. The number of aromatic amines is 1. The van der Waals surface area contributed by atoms with E-state index in [0.29, 0.717) is 41.2 Å². The first-order chi connectivity index (χ1) is 18.6. The SMILES string of the molecule is CNC(=O)c1n[nH]c2cc(-c3cnc(OC)c(C(=O)NCc4ccccc4OCC4CCCC4)c3)ccc12. The van der Waals surface area contributed by atoms with E-state index >= 15 is 0 Å². The van der Waals surface area contributed by atoms with Gasteiger partial charge in [0.25, 0.3) is 11.8 Å². The van der Waals surface area contributed by atoms with Gasteiger partial charge in [0.2, 0.25) is 5.88 Å². The van der Waals surface area contributed by atoms with E-state index in [-0.39, 0.29) is 17.7 Å². The van der Waals surface area contributed by atoms with Crippen LogP contribution in [-0.4, -0.2) is 47.8 Å². The molecule has 1 fully saturated rings. The fourth-order valence-electron chi connectivity index (χ4n) is 4.87. The second-order valence-electron chi connectivity index (χ2n) is 9.44. The lowest BCUT2D eigenvalue weighted by Gasteiger charge is -2.15. The summed E-state index contributed by atoms with van der Waals surface area (Å²) >= 11 is 0. The summed E-state index contributed by atoms with van der Waals surface area (Å²) in [6.07, 6.45) is 6.62. The fourth-order valence-corrected chi connectivity index (χ4v) is 4.87. The summed E-state index contributed by atoms with van der Waals surface area (Å²) in [6, 6.07) is 15.1. The summed E-state index contributed by atoms with van der Waals surface area (Å²) in [7, 11) is 3.05. The van der Waals surface area contributed by atoms with Gasteiger partial charge in [0.05, 0.1) is 19.2 Å². The molecule has 0 atom stereocenters. The lowest BCUT2D eigenvalue weighted by Crippen LogP contribution is -2.24. The molecule has 196 valence electrons. The molecule has 9 nitrogen and oxygen atoms in total. The van der Waals surface area contributed by atoms with Crippen LogP contribution < -0.4 is 20.1 Å². The Kier molecular flexibility index (Phi) is 7.53. The number of benzene rings is 2. The van der Waals surface area contributed by atoms with Crippen molar-refractivity contribution < 1.29 is 19.1 Å². The number of rotatable bonds is 9. The van der Waals surface area contributed by atoms with Crippen molar-refractivity contribution in [2.45, 2.75) is 32.2 Å². The molecule has 0 unspecified atom stereocenters. The van der Waals surface area contributed by atoms with Crippen LogP contribution in [0.3, 0.4) is 0 Å². The molecule has 3 N–H and O–H groups in total. The Labute approximate surface area is 221 Å². The molecule has 2 amide bonds. The normalized spacial score (nSPS) is 13.4. The fraction of sp³-hybridized carbons (Fsp3) is 0.310. The molecule has 38 heavy (non-hydrogen) atoms. The molecule has 9 heteroatoms. The quantitative estimate of drug-likeness (QED) is 0.303. The van der Waals surface area contributed by atoms with Gasteiger partial charge in [-0.15, -0.1) is 0 Å². The molecule has 4 aromatic rings. The maximum Gasteiger partial charge on any atom is 0.272 e. The van der Waals surface area contributed by atoms with E-state index in [1.165, 1.54) is 32.8 Å². The molecule has 0 aliphatic heterocycles. The van der Waals surface area contributed by atoms with Crippen molar-refractivity contribution in [3.63, 3.8) is 0 Å². The minimum Gasteiger partial charge on any atom is -0.493 e. The molecule has 2 heterocycles. The molecular weight excluding hydrogens is 482 g/mol. The number of nitrogens with one attached hydrogen (secondary N) is 3. The molecule has 2 aromatic carbocycles. The highest BCUT2D eigenvalue weighted by atomic mass is 16.5. The van der Waals surface area contributed by atoms with Gasteiger partial charge in [-0.05, 0) is 48.6 Å². The maximum atomic E-state index is 13.3. The number of nitrogens with zero attached hydrogens (tertiary/aromatic N) is 2. The van der Waals surface area contributed by atoms with Crippen molar-refractivity contribution in [1.29, 1.82) is 0 Å². The van der Waals surface area contributed by atoms with Crippen molar-refractivity contribution in [1.82, 2.24) is 25.8 Å². The number of carbonyl (C=O) groups is 2. The molecule has 1 aliphatic rings. The first-order valence-corrected chi connectivity index (χ1v) is 12.8. The van der Waals surface area contributed by atoms with Crippen LogP contribution in [0.2, 0.25) is 0 Å². The van der Waals surface area contributed by atoms with Crippen LogP contribution in [0.1, 0.15) is 52.1 Å². The smallest absolute Gasteiger partial charge is 0.272 e. The highest BCUT2D eigenvalue weighted by molar-refractivity contribution is 6.05. The number of ether oxygens (including phenoxy) is 2. The van der Waals surface area contributed by atoms with Gasteiger partial charge < -0.3 is 20.1 Å². The number of carbonyl (C=O) groups excluding carboxylic acids is 2. The standard InChI is InChI=1S/C29H31N5O4/c1-30-28(36)26-22-12-11-19(14-24(22)33-34-26)21-13-23(29(37-2)32-16-21)27(35)31-15-20-9-5-6-10-25(20)38-17-18-7-3-4-8-18/h5-6,9-14,16,18H,3-4,7-8,15,17H2,1-2H3,(H,30,36)(H,31,35)(H,33,34). The number of amides is 2. The molecule has 1 saturated carbocycles. The third-order valence-corrected chi connectivity index (χ3v) is 6.99. The minimum absolute atomic E-state index is 0.238. The highest BCUT2D eigenvalue weighted by Gasteiger charge is 2.19. The van der Waals surface area contributed by atoms with Crippen LogP contribution in [0.15, 0.2) is 54.7 Å². The van der Waals surface area contributed by atoms with Crippen LogP contribution in [0.4, 0.5) is 0 Å². The van der Waals surface area contributed by atoms with Gasteiger partial charge in [0, 0.05) is 36.3 Å². The van der Waals surface area contributed by atoms with Crippen molar-refractivity contribution in [2.75, 3.05) is 20.8 Å². The number of fused-ring (bicyclic) bond motifs is 1. The Morgan fingerprint density at radius 1 is 1.05 bits per heavy atom. The summed E-state index contributed by atoms with van der Waals surface area (Å²) in [5.74, 6) is 1.07. The van der Waals surface area contributed by atoms with Gasteiger partial charge in [-0.2, -0.15) is 5.10 Å². The van der Waals surface area contributed by atoms with Gasteiger partial charge in [0.15, 0.2) is 5.69 Å². The van der Waals surface area contributed by atoms with Crippen LogP contribution in [-0.2, 0) is 6.54 Å². The molecule has 5 rings (SSSR count). The minimum atomic E-state index is -0.300. The van der Waals surface area contributed by atoms with E-state index in [0.717, 1.165) is 22.4 Å². The Morgan fingerprint density at radius 3 is 2.66 bits per heavy atom. The van der Waals surface area contributed by atoms with Gasteiger partial charge in [0.1, 0.15) is 11.3 Å². The topological polar surface area (TPSA) is 118 Å². The number of hydrogen-bond donors (Lipinski definition) is 3. The van der Waals surface area contributed by atoms with Crippen LogP contribution >= 0.6 is 0 Å². The predicted octanol–water partition coefficient (Wildman–Crippen LogP) is 4.49. The lowest BCUT2D eigenvalue weighted by atomic mass is 10.0. The van der Waals surface area contributed by atoms with Gasteiger partial charge >= 0.3 is 0 Å². The number of pyridine rings is 1. The van der Waals surface area contributed by atoms with E-state index < -0.39 is 0 Å². The number of H-pyrrole nitrogens is 1. The summed E-state index contributed by atoms with van der Waals surface area (Å²) in [5.41, 5.74) is 3.82. The second-order valence-corrected chi connectivity index (χ2v) is 9.44. The molecule has 0 radical (unpaired) electrons.